The summed E-state index contributed by atoms with van der Waals surface area (Å²) in [5.41, 5.74) is 0.262. The lowest BCUT2D eigenvalue weighted by molar-refractivity contribution is -0.212. The van der Waals surface area contributed by atoms with E-state index in [0.717, 1.165) is 11.3 Å². The van der Waals surface area contributed by atoms with Gasteiger partial charge in [0.2, 0.25) is 0 Å². The van der Waals surface area contributed by atoms with Crippen LogP contribution < -0.4 is 4.87 Å². The number of carbonyl (C=O) groups is 3. The number of thiazole rings is 1. The number of ether oxygens (including phenoxy) is 4. The summed E-state index contributed by atoms with van der Waals surface area (Å²) in [7, 11) is 0. The van der Waals surface area contributed by atoms with Gasteiger partial charge in [-0.3, -0.25) is 19.2 Å². The zero-order valence-corrected chi connectivity index (χ0v) is 24.4. The van der Waals surface area contributed by atoms with Crippen LogP contribution in [0.1, 0.15) is 32.4 Å². The number of nitrogens with zero attached hydrogens (tertiary/aromatic N) is 4. The molecule has 1 saturated heterocycles. The van der Waals surface area contributed by atoms with E-state index in [-0.39, 0.29) is 11.5 Å². The summed E-state index contributed by atoms with van der Waals surface area (Å²) in [6.07, 6.45) is -1.67. The molecule has 1 aromatic carbocycles. The molecule has 3 heterocycles. The standard InChI is InChI=1S/C24H22BrN5O8S2/c1-11(31)35-9-19-21(36-12(2)32)20(30-8-17(28-29-30)18-10-39-24(34)27-18)22(37-13(3)33)23(38-19)40-15-5-4-14(7-26)16(25)6-15/h4-6,8,10,19-23H,9H2,1-3H3,(H,27,34). The molecule has 0 bridgehead atoms. The fraction of sp³-hybridized carbons (Fsp3) is 0.375. The lowest BCUT2D eigenvalue weighted by Crippen LogP contribution is -2.57. The van der Waals surface area contributed by atoms with Crippen LogP contribution in [-0.4, -0.2) is 68.2 Å². The highest BCUT2D eigenvalue weighted by Crippen LogP contribution is 2.42. The minimum atomic E-state index is -1.12. The van der Waals surface area contributed by atoms with Crippen LogP contribution in [0.15, 0.2) is 43.9 Å². The summed E-state index contributed by atoms with van der Waals surface area (Å²) in [5.74, 6) is -1.86. The lowest BCUT2D eigenvalue weighted by atomic mass is 9.96. The van der Waals surface area contributed by atoms with Crippen molar-refractivity contribution in [2.45, 2.75) is 55.5 Å². The van der Waals surface area contributed by atoms with Crippen molar-refractivity contribution in [1.29, 1.82) is 5.26 Å². The third kappa shape index (κ3) is 6.97. The zero-order chi connectivity index (χ0) is 29.0. The summed E-state index contributed by atoms with van der Waals surface area (Å²) < 4.78 is 24.8. The van der Waals surface area contributed by atoms with Crippen LogP contribution in [0.5, 0.6) is 0 Å². The van der Waals surface area contributed by atoms with Crippen LogP contribution in [0.3, 0.4) is 0 Å². The topological polar surface area (TPSA) is 175 Å². The van der Waals surface area contributed by atoms with Crippen molar-refractivity contribution in [2.75, 3.05) is 6.61 Å². The summed E-state index contributed by atoms with van der Waals surface area (Å²) in [5, 5.41) is 19.2. The first kappa shape index (κ1) is 29.5. The van der Waals surface area contributed by atoms with Gasteiger partial charge < -0.3 is 23.9 Å². The van der Waals surface area contributed by atoms with Crippen molar-refractivity contribution < 1.29 is 33.3 Å². The molecule has 0 aliphatic carbocycles. The molecule has 0 spiro atoms. The van der Waals surface area contributed by atoms with Gasteiger partial charge in [0.05, 0.1) is 17.5 Å². The number of hydrogen-bond donors (Lipinski definition) is 1. The maximum absolute atomic E-state index is 12.3. The third-order valence-electron chi connectivity index (χ3n) is 5.60. The Hall–Kier alpha value is -3.52. The molecule has 5 unspecified atom stereocenters. The van der Waals surface area contributed by atoms with Gasteiger partial charge in [-0.2, -0.15) is 5.26 Å². The van der Waals surface area contributed by atoms with E-state index in [4.69, 9.17) is 18.9 Å². The van der Waals surface area contributed by atoms with E-state index >= 15 is 0 Å². The Morgan fingerprint density at radius 2 is 1.93 bits per heavy atom. The summed E-state index contributed by atoms with van der Waals surface area (Å²) >= 11 is 5.51. The first-order valence-electron chi connectivity index (χ1n) is 11.6. The molecular formula is C24H22BrN5O8S2. The van der Waals surface area contributed by atoms with Crippen LogP contribution in [-0.2, 0) is 33.3 Å². The highest BCUT2D eigenvalue weighted by Gasteiger charge is 2.52. The van der Waals surface area contributed by atoms with E-state index in [1.807, 2.05) is 0 Å². The van der Waals surface area contributed by atoms with Crippen molar-refractivity contribution in [3.63, 3.8) is 0 Å². The SMILES string of the molecule is CC(=O)OCC1OC(Sc2ccc(C#N)c(Br)c2)C(OC(C)=O)C(n2cc(-c3csc(=O)[nH]3)nn2)C1OC(C)=O. The largest absolute Gasteiger partial charge is 0.463 e. The van der Waals surface area contributed by atoms with Gasteiger partial charge in [0.25, 0.3) is 0 Å². The predicted octanol–water partition coefficient (Wildman–Crippen LogP) is 2.81. The maximum atomic E-state index is 12.3. The number of rotatable bonds is 8. The molecule has 1 N–H and O–H groups in total. The molecule has 16 heteroatoms. The number of hydrogen-bond acceptors (Lipinski definition) is 13. The van der Waals surface area contributed by atoms with Gasteiger partial charge >= 0.3 is 22.8 Å². The van der Waals surface area contributed by atoms with E-state index in [0.29, 0.717) is 26.3 Å². The molecule has 2 aromatic heterocycles. The smallest absolute Gasteiger partial charge is 0.304 e. The fourth-order valence-electron chi connectivity index (χ4n) is 4.02. The molecule has 13 nitrogen and oxygen atoms in total. The first-order valence-corrected chi connectivity index (χ1v) is 14.2. The number of halogens is 1. The van der Waals surface area contributed by atoms with Crippen molar-refractivity contribution in [3.05, 3.63) is 49.5 Å². The maximum Gasteiger partial charge on any atom is 0.304 e. The number of carbonyl (C=O) groups excluding carboxylic acids is 3. The molecule has 0 radical (unpaired) electrons. The van der Waals surface area contributed by atoms with Crippen LogP contribution in [0.25, 0.3) is 11.4 Å². The molecule has 1 fully saturated rings. The highest BCUT2D eigenvalue weighted by molar-refractivity contribution is 9.10. The monoisotopic (exact) mass is 651 g/mol. The highest BCUT2D eigenvalue weighted by atomic mass is 79.9. The van der Waals surface area contributed by atoms with Crippen LogP contribution in [0.4, 0.5) is 0 Å². The van der Waals surface area contributed by atoms with E-state index in [1.54, 1.807) is 23.6 Å². The number of aromatic amines is 1. The Morgan fingerprint density at radius 1 is 1.20 bits per heavy atom. The zero-order valence-electron chi connectivity index (χ0n) is 21.2. The number of nitriles is 1. The van der Waals surface area contributed by atoms with Crippen LogP contribution >= 0.6 is 39.0 Å². The summed E-state index contributed by atoms with van der Waals surface area (Å²) in [6, 6.07) is 6.13. The van der Waals surface area contributed by atoms with Crippen molar-refractivity contribution in [3.8, 4) is 17.5 Å². The van der Waals surface area contributed by atoms with Crippen molar-refractivity contribution in [2.24, 2.45) is 0 Å². The Bertz CT molecular complexity index is 1510. The second kappa shape index (κ2) is 12.8. The average molecular weight is 653 g/mol. The van der Waals surface area contributed by atoms with Crippen LogP contribution in [0.2, 0.25) is 0 Å². The second-order valence-electron chi connectivity index (χ2n) is 8.50. The molecule has 40 heavy (non-hydrogen) atoms. The number of nitrogens with one attached hydrogen (secondary N) is 1. The molecule has 1 aliphatic heterocycles. The Labute approximate surface area is 243 Å². The number of esters is 3. The van der Waals surface area contributed by atoms with Gasteiger partial charge in [-0.15, -0.1) is 5.10 Å². The van der Waals surface area contributed by atoms with Crippen molar-refractivity contribution in [1.82, 2.24) is 20.0 Å². The molecule has 4 rings (SSSR count). The second-order valence-corrected chi connectivity index (χ2v) is 11.4. The lowest BCUT2D eigenvalue weighted by Gasteiger charge is -2.44. The normalized spacial score (nSPS) is 22.2. The predicted molar refractivity (Wildman–Crippen MR) is 144 cm³/mol. The molecule has 1 aliphatic rings. The number of benzene rings is 1. The minimum Gasteiger partial charge on any atom is -0.463 e. The average Bonchev–Trinajstić information content (AvgIpc) is 3.53. The van der Waals surface area contributed by atoms with Crippen LogP contribution in [0, 0.1) is 11.3 Å². The molecule has 3 aromatic rings. The summed E-state index contributed by atoms with van der Waals surface area (Å²) in [6.45, 7) is 3.39. The van der Waals surface area contributed by atoms with Gasteiger partial charge in [-0.05, 0) is 34.1 Å². The van der Waals surface area contributed by atoms with Gasteiger partial charge in [0.15, 0.2) is 12.2 Å². The summed E-state index contributed by atoms with van der Waals surface area (Å²) in [4.78, 5) is 50.9. The van der Waals surface area contributed by atoms with E-state index < -0.39 is 47.7 Å². The van der Waals surface area contributed by atoms with Gasteiger partial charge in [0.1, 0.15) is 36.0 Å². The minimum absolute atomic E-state index is 0.274. The quantitative estimate of drug-likeness (QED) is 0.279. The molecule has 0 saturated carbocycles. The van der Waals surface area contributed by atoms with E-state index in [2.05, 4.69) is 37.3 Å². The molecular weight excluding hydrogens is 630 g/mol. The Kier molecular flexibility index (Phi) is 9.40. The number of H-pyrrole nitrogens is 1. The number of aromatic nitrogens is 4. The Morgan fingerprint density at radius 3 is 2.52 bits per heavy atom. The molecule has 5 atom stereocenters. The molecule has 210 valence electrons. The van der Waals surface area contributed by atoms with E-state index in [9.17, 15) is 24.4 Å². The van der Waals surface area contributed by atoms with Crippen molar-refractivity contribution >= 4 is 56.9 Å². The van der Waals surface area contributed by atoms with Gasteiger partial charge in [-0.1, -0.05) is 28.3 Å². The number of thioether (sulfide) groups is 1. The van der Waals surface area contributed by atoms with Gasteiger partial charge in [0, 0.05) is 35.5 Å². The van der Waals surface area contributed by atoms with Gasteiger partial charge in [-0.25, -0.2) is 4.68 Å². The first-order chi connectivity index (χ1) is 19.0. The van der Waals surface area contributed by atoms with E-state index in [1.165, 1.54) is 43.4 Å². The third-order valence-corrected chi connectivity index (χ3v) is 8.06. The molecule has 0 amide bonds. The fourth-order valence-corrected chi connectivity index (χ4v) is 6.37. The Balaban J connectivity index is 1.80.